The summed E-state index contributed by atoms with van der Waals surface area (Å²) in [5, 5.41) is 2.85. The van der Waals surface area contributed by atoms with Crippen LogP contribution in [-0.4, -0.2) is 5.91 Å². The Bertz CT molecular complexity index is 343. The van der Waals surface area contributed by atoms with Crippen LogP contribution in [0.1, 0.15) is 24.0 Å². The standard InChI is InChI=1S/C13H18N2O/c1-2-3-4-13(16)15-10-12-7-5-11(9-14)6-8-12/h2,5-8H,1,3-4,9-10,14H2,(H,15,16). The van der Waals surface area contributed by atoms with E-state index in [1.165, 1.54) is 0 Å². The van der Waals surface area contributed by atoms with E-state index < -0.39 is 0 Å². The molecule has 86 valence electrons. The van der Waals surface area contributed by atoms with Gasteiger partial charge in [-0.1, -0.05) is 30.3 Å². The zero-order valence-corrected chi connectivity index (χ0v) is 9.41. The van der Waals surface area contributed by atoms with Gasteiger partial charge in [-0.3, -0.25) is 4.79 Å². The third-order valence-electron chi connectivity index (χ3n) is 2.32. The molecule has 0 unspecified atom stereocenters. The topological polar surface area (TPSA) is 55.1 Å². The Balaban J connectivity index is 2.36. The Morgan fingerprint density at radius 3 is 2.50 bits per heavy atom. The lowest BCUT2D eigenvalue weighted by Gasteiger charge is -2.05. The van der Waals surface area contributed by atoms with Crippen LogP contribution in [0.3, 0.4) is 0 Å². The molecule has 0 spiro atoms. The molecule has 0 heterocycles. The summed E-state index contributed by atoms with van der Waals surface area (Å²) in [4.78, 5) is 11.3. The quantitative estimate of drug-likeness (QED) is 0.714. The van der Waals surface area contributed by atoms with Crippen molar-refractivity contribution < 1.29 is 4.79 Å². The van der Waals surface area contributed by atoms with E-state index in [9.17, 15) is 4.79 Å². The molecular weight excluding hydrogens is 200 g/mol. The maximum atomic E-state index is 11.3. The molecule has 1 rings (SSSR count). The van der Waals surface area contributed by atoms with E-state index in [1.54, 1.807) is 6.08 Å². The van der Waals surface area contributed by atoms with E-state index in [4.69, 9.17) is 5.73 Å². The van der Waals surface area contributed by atoms with Crippen LogP contribution in [0.2, 0.25) is 0 Å². The lowest BCUT2D eigenvalue weighted by atomic mass is 10.1. The summed E-state index contributed by atoms with van der Waals surface area (Å²) in [5.41, 5.74) is 7.68. The van der Waals surface area contributed by atoms with Gasteiger partial charge in [-0.15, -0.1) is 6.58 Å². The van der Waals surface area contributed by atoms with Crippen molar-refractivity contribution in [3.8, 4) is 0 Å². The molecule has 0 atom stereocenters. The third-order valence-corrected chi connectivity index (χ3v) is 2.32. The van der Waals surface area contributed by atoms with E-state index in [0.717, 1.165) is 17.5 Å². The van der Waals surface area contributed by atoms with Crippen molar-refractivity contribution in [3.63, 3.8) is 0 Å². The van der Waals surface area contributed by atoms with Gasteiger partial charge >= 0.3 is 0 Å². The summed E-state index contributed by atoms with van der Waals surface area (Å²) >= 11 is 0. The first-order valence-electron chi connectivity index (χ1n) is 5.41. The first-order valence-corrected chi connectivity index (χ1v) is 5.41. The van der Waals surface area contributed by atoms with E-state index in [2.05, 4.69) is 11.9 Å². The van der Waals surface area contributed by atoms with Gasteiger partial charge < -0.3 is 11.1 Å². The molecule has 0 saturated heterocycles. The second-order valence-corrected chi connectivity index (χ2v) is 3.62. The number of hydrogen-bond donors (Lipinski definition) is 2. The zero-order chi connectivity index (χ0) is 11.8. The van der Waals surface area contributed by atoms with Gasteiger partial charge in [-0.2, -0.15) is 0 Å². The van der Waals surface area contributed by atoms with Crippen molar-refractivity contribution in [2.75, 3.05) is 0 Å². The third kappa shape index (κ3) is 4.28. The molecule has 0 aliphatic heterocycles. The minimum absolute atomic E-state index is 0.0581. The number of carbonyl (C=O) groups excluding carboxylic acids is 1. The second-order valence-electron chi connectivity index (χ2n) is 3.62. The highest BCUT2D eigenvalue weighted by atomic mass is 16.1. The number of amides is 1. The van der Waals surface area contributed by atoms with Crippen LogP contribution in [0.5, 0.6) is 0 Å². The van der Waals surface area contributed by atoms with Gasteiger partial charge in [0.15, 0.2) is 0 Å². The summed E-state index contributed by atoms with van der Waals surface area (Å²) in [6.45, 7) is 4.70. The molecule has 0 radical (unpaired) electrons. The van der Waals surface area contributed by atoms with Crippen LogP contribution in [0, 0.1) is 0 Å². The van der Waals surface area contributed by atoms with E-state index in [-0.39, 0.29) is 5.91 Å². The number of nitrogens with two attached hydrogens (primary N) is 1. The Hall–Kier alpha value is -1.61. The van der Waals surface area contributed by atoms with Gasteiger partial charge in [0, 0.05) is 19.5 Å². The van der Waals surface area contributed by atoms with Crippen molar-refractivity contribution in [1.82, 2.24) is 5.32 Å². The number of benzene rings is 1. The van der Waals surface area contributed by atoms with Crippen LogP contribution in [-0.2, 0) is 17.9 Å². The number of allylic oxidation sites excluding steroid dienone is 1. The molecule has 0 aromatic heterocycles. The summed E-state index contributed by atoms with van der Waals surface area (Å²) in [6, 6.07) is 7.92. The van der Waals surface area contributed by atoms with Crippen molar-refractivity contribution in [1.29, 1.82) is 0 Å². The fourth-order valence-corrected chi connectivity index (χ4v) is 1.32. The monoisotopic (exact) mass is 218 g/mol. The molecule has 3 heteroatoms. The average molecular weight is 218 g/mol. The predicted molar refractivity (Wildman–Crippen MR) is 65.6 cm³/mol. The maximum Gasteiger partial charge on any atom is 0.220 e. The van der Waals surface area contributed by atoms with Crippen molar-refractivity contribution in [3.05, 3.63) is 48.0 Å². The minimum Gasteiger partial charge on any atom is -0.352 e. The number of hydrogen-bond acceptors (Lipinski definition) is 2. The lowest BCUT2D eigenvalue weighted by molar-refractivity contribution is -0.121. The highest BCUT2D eigenvalue weighted by Crippen LogP contribution is 2.03. The van der Waals surface area contributed by atoms with Gasteiger partial charge in [0.1, 0.15) is 0 Å². The molecule has 16 heavy (non-hydrogen) atoms. The first kappa shape index (κ1) is 12.5. The largest absolute Gasteiger partial charge is 0.352 e. The normalized spacial score (nSPS) is 9.81. The number of carbonyl (C=O) groups is 1. The summed E-state index contributed by atoms with van der Waals surface area (Å²) in [5.74, 6) is 0.0581. The predicted octanol–water partition coefficient (Wildman–Crippen LogP) is 1.73. The fourth-order valence-electron chi connectivity index (χ4n) is 1.32. The fraction of sp³-hybridized carbons (Fsp3) is 0.308. The highest BCUT2D eigenvalue weighted by Gasteiger charge is 1.99. The number of nitrogens with one attached hydrogen (secondary N) is 1. The van der Waals surface area contributed by atoms with Crippen molar-refractivity contribution in [2.24, 2.45) is 5.73 Å². The van der Waals surface area contributed by atoms with E-state index in [0.29, 0.717) is 19.5 Å². The summed E-state index contributed by atoms with van der Waals surface area (Å²) in [7, 11) is 0. The lowest BCUT2D eigenvalue weighted by Crippen LogP contribution is -2.22. The van der Waals surface area contributed by atoms with Crippen LogP contribution in [0.4, 0.5) is 0 Å². The molecule has 0 saturated carbocycles. The smallest absolute Gasteiger partial charge is 0.220 e. The van der Waals surface area contributed by atoms with Crippen LogP contribution in [0.15, 0.2) is 36.9 Å². The van der Waals surface area contributed by atoms with Crippen molar-refractivity contribution >= 4 is 5.91 Å². The maximum absolute atomic E-state index is 11.3. The highest BCUT2D eigenvalue weighted by molar-refractivity contribution is 5.75. The molecular formula is C13H18N2O. The Morgan fingerprint density at radius 1 is 1.31 bits per heavy atom. The van der Waals surface area contributed by atoms with Gasteiger partial charge in [-0.25, -0.2) is 0 Å². The Morgan fingerprint density at radius 2 is 1.94 bits per heavy atom. The summed E-state index contributed by atoms with van der Waals surface area (Å²) in [6.07, 6.45) is 2.97. The summed E-state index contributed by atoms with van der Waals surface area (Å²) < 4.78 is 0. The zero-order valence-electron chi connectivity index (χ0n) is 9.41. The molecule has 3 N–H and O–H groups in total. The van der Waals surface area contributed by atoms with Crippen LogP contribution >= 0.6 is 0 Å². The second kappa shape index (κ2) is 6.80. The Kier molecular flexibility index (Phi) is 5.29. The van der Waals surface area contributed by atoms with Crippen molar-refractivity contribution in [2.45, 2.75) is 25.9 Å². The van der Waals surface area contributed by atoms with E-state index >= 15 is 0 Å². The first-order chi connectivity index (χ1) is 7.76. The van der Waals surface area contributed by atoms with Gasteiger partial charge in [0.2, 0.25) is 5.91 Å². The molecule has 1 aromatic rings. The SMILES string of the molecule is C=CCCC(=O)NCc1ccc(CN)cc1. The van der Waals surface area contributed by atoms with Crippen LogP contribution < -0.4 is 11.1 Å². The van der Waals surface area contributed by atoms with Crippen LogP contribution in [0.25, 0.3) is 0 Å². The molecule has 1 amide bonds. The molecule has 0 aliphatic carbocycles. The molecule has 1 aromatic carbocycles. The van der Waals surface area contributed by atoms with Gasteiger partial charge in [0.05, 0.1) is 0 Å². The van der Waals surface area contributed by atoms with Gasteiger partial charge in [0.25, 0.3) is 0 Å². The van der Waals surface area contributed by atoms with E-state index in [1.807, 2.05) is 24.3 Å². The average Bonchev–Trinajstić information content (AvgIpc) is 2.34. The minimum atomic E-state index is 0.0581. The molecule has 0 fully saturated rings. The molecule has 3 nitrogen and oxygen atoms in total. The molecule has 0 bridgehead atoms. The van der Waals surface area contributed by atoms with Gasteiger partial charge in [-0.05, 0) is 17.5 Å². The number of rotatable bonds is 6. The molecule has 0 aliphatic rings. The Labute approximate surface area is 96.3 Å².